The van der Waals surface area contributed by atoms with E-state index >= 15 is 0 Å². The van der Waals surface area contributed by atoms with Crippen molar-refractivity contribution in [3.05, 3.63) is 89.2 Å². The number of ether oxygens (including phenoxy) is 2. The molecule has 5 rings (SSSR count). The predicted octanol–water partition coefficient (Wildman–Crippen LogP) is 3.40. The molecule has 0 saturated carbocycles. The van der Waals surface area contributed by atoms with Crippen LogP contribution >= 0.6 is 0 Å². The summed E-state index contributed by atoms with van der Waals surface area (Å²) in [5, 5.41) is 0. The Bertz CT molecular complexity index is 1410. The van der Waals surface area contributed by atoms with Gasteiger partial charge in [-0.1, -0.05) is 42.0 Å². The second-order valence-electron chi connectivity index (χ2n) is 9.52. The lowest BCUT2D eigenvalue weighted by atomic mass is 10.1. The van der Waals surface area contributed by atoms with Crippen LogP contribution in [-0.2, 0) is 27.9 Å². The molecule has 38 heavy (non-hydrogen) atoms. The van der Waals surface area contributed by atoms with Gasteiger partial charge in [-0.05, 0) is 42.8 Å². The van der Waals surface area contributed by atoms with E-state index in [0.717, 1.165) is 26.9 Å². The number of piperazine rings is 1. The van der Waals surface area contributed by atoms with Gasteiger partial charge < -0.3 is 14.4 Å². The first-order chi connectivity index (χ1) is 18.3. The van der Waals surface area contributed by atoms with Gasteiger partial charge in [-0.15, -0.1) is 0 Å². The number of nitrogens with zero attached hydrogens (tertiary/aromatic N) is 3. The highest BCUT2D eigenvalue weighted by Crippen LogP contribution is 2.33. The molecule has 10 heteroatoms. The Balaban J connectivity index is 1.26. The van der Waals surface area contributed by atoms with Crippen molar-refractivity contribution in [2.75, 3.05) is 39.5 Å². The maximum Gasteiger partial charge on any atom is 0.243 e. The number of hydrogen-bond donors (Lipinski definition) is 0. The summed E-state index contributed by atoms with van der Waals surface area (Å²) in [6.07, 6.45) is 0. The average Bonchev–Trinajstić information content (AvgIpc) is 3.38. The molecule has 1 fully saturated rings. The second-order valence-corrected chi connectivity index (χ2v) is 11.5. The molecular weight excluding hydrogens is 509 g/mol. The summed E-state index contributed by atoms with van der Waals surface area (Å²) in [6.45, 7) is 4.45. The Morgan fingerprint density at radius 1 is 0.947 bits per heavy atom. The predicted molar refractivity (Wildman–Crippen MR) is 140 cm³/mol. The van der Waals surface area contributed by atoms with Gasteiger partial charge in [0.05, 0.1) is 11.4 Å². The zero-order valence-electron chi connectivity index (χ0n) is 21.2. The fraction of sp³-hybridized carbons (Fsp3) is 0.321. The Morgan fingerprint density at radius 2 is 1.66 bits per heavy atom. The van der Waals surface area contributed by atoms with Crippen LogP contribution in [-0.4, -0.2) is 67.9 Å². The Kier molecular flexibility index (Phi) is 7.64. The van der Waals surface area contributed by atoms with Gasteiger partial charge in [-0.25, -0.2) is 12.8 Å². The molecule has 1 amide bonds. The lowest BCUT2D eigenvalue weighted by Crippen LogP contribution is -2.51. The third kappa shape index (κ3) is 5.82. The van der Waals surface area contributed by atoms with Gasteiger partial charge in [0, 0.05) is 44.8 Å². The normalized spacial score (nSPS) is 15.7. The maximum absolute atomic E-state index is 14.4. The van der Waals surface area contributed by atoms with Crippen LogP contribution in [0, 0.1) is 12.7 Å². The molecule has 0 bridgehead atoms. The van der Waals surface area contributed by atoms with Crippen LogP contribution in [0.4, 0.5) is 4.39 Å². The van der Waals surface area contributed by atoms with Crippen molar-refractivity contribution in [1.29, 1.82) is 0 Å². The van der Waals surface area contributed by atoms with E-state index in [1.165, 1.54) is 24.3 Å². The molecule has 0 atom stereocenters. The van der Waals surface area contributed by atoms with E-state index in [1.54, 1.807) is 29.2 Å². The molecule has 0 radical (unpaired) electrons. The summed E-state index contributed by atoms with van der Waals surface area (Å²) >= 11 is 0. The number of fused-ring (bicyclic) bond motifs is 1. The van der Waals surface area contributed by atoms with E-state index in [1.807, 2.05) is 25.1 Å². The zero-order valence-corrected chi connectivity index (χ0v) is 22.0. The first kappa shape index (κ1) is 26.1. The van der Waals surface area contributed by atoms with Crippen LogP contribution in [0.5, 0.6) is 11.5 Å². The highest BCUT2D eigenvalue weighted by atomic mass is 32.2. The van der Waals surface area contributed by atoms with Crippen molar-refractivity contribution in [2.45, 2.75) is 24.9 Å². The van der Waals surface area contributed by atoms with Gasteiger partial charge >= 0.3 is 0 Å². The number of hydrogen-bond acceptors (Lipinski definition) is 6. The first-order valence-corrected chi connectivity index (χ1v) is 13.9. The lowest BCUT2D eigenvalue weighted by Gasteiger charge is -2.35. The maximum atomic E-state index is 14.4. The molecule has 3 aromatic carbocycles. The van der Waals surface area contributed by atoms with E-state index in [-0.39, 0.29) is 36.2 Å². The van der Waals surface area contributed by atoms with Crippen LogP contribution in [0.15, 0.2) is 71.6 Å². The van der Waals surface area contributed by atoms with Crippen molar-refractivity contribution in [3.8, 4) is 11.5 Å². The molecule has 1 saturated heterocycles. The summed E-state index contributed by atoms with van der Waals surface area (Å²) in [6, 6.07) is 18.3. The van der Waals surface area contributed by atoms with E-state index in [9.17, 15) is 17.6 Å². The number of rotatable bonds is 8. The Morgan fingerprint density at radius 3 is 2.39 bits per heavy atom. The fourth-order valence-electron chi connectivity index (χ4n) is 4.61. The lowest BCUT2D eigenvalue weighted by molar-refractivity contribution is -0.133. The van der Waals surface area contributed by atoms with Crippen LogP contribution in [0.1, 0.15) is 16.7 Å². The van der Waals surface area contributed by atoms with E-state index in [2.05, 4.69) is 4.90 Å². The summed E-state index contributed by atoms with van der Waals surface area (Å²) in [7, 11) is -4.04. The van der Waals surface area contributed by atoms with E-state index in [0.29, 0.717) is 32.7 Å². The van der Waals surface area contributed by atoms with Crippen LogP contribution in [0.25, 0.3) is 0 Å². The minimum Gasteiger partial charge on any atom is -0.454 e. The minimum absolute atomic E-state index is 0.0702. The third-order valence-corrected chi connectivity index (χ3v) is 8.65. The molecule has 0 spiro atoms. The van der Waals surface area contributed by atoms with E-state index in [4.69, 9.17) is 9.47 Å². The second kappa shape index (κ2) is 11.1. The zero-order chi connectivity index (χ0) is 26.7. The van der Waals surface area contributed by atoms with Crippen molar-refractivity contribution in [3.63, 3.8) is 0 Å². The van der Waals surface area contributed by atoms with Crippen molar-refractivity contribution >= 4 is 15.9 Å². The van der Waals surface area contributed by atoms with Gasteiger partial charge in [-0.2, -0.15) is 4.31 Å². The summed E-state index contributed by atoms with van der Waals surface area (Å²) in [5.74, 6) is 0.659. The molecule has 2 aliphatic heterocycles. The minimum atomic E-state index is -4.04. The topological polar surface area (TPSA) is 79.4 Å². The van der Waals surface area contributed by atoms with Crippen molar-refractivity contribution in [1.82, 2.24) is 14.1 Å². The van der Waals surface area contributed by atoms with Crippen molar-refractivity contribution in [2.24, 2.45) is 0 Å². The first-order valence-electron chi connectivity index (χ1n) is 12.5. The molecule has 200 valence electrons. The molecule has 8 nitrogen and oxygen atoms in total. The largest absolute Gasteiger partial charge is 0.454 e. The van der Waals surface area contributed by atoms with Gasteiger partial charge in [0.25, 0.3) is 0 Å². The molecular formula is C28H30FN3O5S. The monoisotopic (exact) mass is 539 g/mol. The number of benzene rings is 3. The molecule has 2 aliphatic rings. The van der Waals surface area contributed by atoms with E-state index < -0.39 is 15.8 Å². The van der Waals surface area contributed by atoms with Gasteiger partial charge in [-0.3, -0.25) is 9.69 Å². The Hall–Kier alpha value is -3.47. The third-order valence-electron chi connectivity index (χ3n) is 6.84. The molecule has 0 N–H and O–H groups in total. The van der Waals surface area contributed by atoms with Gasteiger partial charge in [0.1, 0.15) is 5.82 Å². The number of sulfonamides is 1. The standard InChI is InChI=1S/C28H30FN3O5S/c1-21-6-9-24(10-7-21)38(34,35)32(18-23-4-2-3-5-25(23)29)19-28(33)31-14-12-30(13-15-31)17-22-8-11-26-27(16-22)37-20-36-26/h2-11,16H,12-15,17-20H2,1H3. The van der Waals surface area contributed by atoms with Crippen LogP contribution in [0.2, 0.25) is 0 Å². The summed E-state index contributed by atoms with van der Waals surface area (Å²) < 4.78 is 53.4. The summed E-state index contributed by atoms with van der Waals surface area (Å²) in [5.41, 5.74) is 2.22. The number of aryl methyl sites for hydroxylation is 1. The van der Waals surface area contributed by atoms with Crippen LogP contribution < -0.4 is 9.47 Å². The molecule has 0 aliphatic carbocycles. The number of carbonyl (C=O) groups is 1. The smallest absolute Gasteiger partial charge is 0.243 e. The van der Waals surface area contributed by atoms with Crippen molar-refractivity contribution < 1.29 is 27.1 Å². The van der Waals surface area contributed by atoms with Gasteiger partial charge in [0.15, 0.2) is 11.5 Å². The fourth-order valence-corrected chi connectivity index (χ4v) is 5.97. The Labute approximate surface area is 222 Å². The quantitative estimate of drug-likeness (QED) is 0.437. The summed E-state index contributed by atoms with van der Waals surface area (Å²) in [4.78, 5) is 17.3. The van der Waals surface area contributed by atoms with Gasteiger partial charge in [0.2, 0.25) is 22.7 Å². The molecule has 0 aromatic heterocycles. The average molecular weight is 540 g/mol. The highest BCUT2D eigenvalue weighted by Gasteiger charge is 2.30. The number of halogens is 1. The molecule has 3 aromatic rings. The number of amides is 1. The highest BCUT2D eigenvalue weighted by molar-refractivity contribution is 7.89. The SMILES string of the molecule is Cc1ccc(S(=O)(=O)N(CC(=O)N2CCN(Cc3ccc4c(c3)OCO4)CC2)Cc2ccccc2F)cc1. The number of carbonyl (C=O) groups excluding carboxylic acids is 1. The van der Waals surface area contributed by atoms with Crippen LogP contribution in [0.3, 0.4) is 0 Å². The molecule has 2 heterocycles. The molecule has 0 unspecified atom stereocenters.